The summed E-state index contributed by atoms with van der Waals surface area (Å²) in [4.78, 5) is 45.2. The van der Waals surface area contributed by atoms with E-state index in [4.69, 9.17) is 5.11 Å². The molecule has 0 aliphatic rings. The SMILES string of the molecule is CNC(=O)C(CC=CCC(NC)C(=O)CCC(=O)O)CC(C)=O. The van der Waals surface area contributed by atoms with Crippen molar-refractivity contribution in [3.8, 4) is 0 Å². The molecule has 0 saturated heterocycles. The van der Waals surface area contributed by atoms with E-state index in [0.717, 1.165) is 0 Å². The standard InChI is InChI=1S/C16H26N2O5/c1-11(19)10-12(16(23)18-3)6-4-5-7-13(17-2)14(20)8-9-15(21)22/h4-5,12-13,17H,6-10H2,1-3H3,(H,18,23)(H,21,22). The molecule has 0 spiro atoms. The Morgan fingerprint density at radius 2 is 1.65 bits per heavy atom. The molecule has 0 aromatic carbocycles. The zero-order chi connectivity index (χ0) is 17.8. The molecule has 3 N–H and O–H groups in total. The molecule has 1 amide bonds. The van der Waals surface area contributed by atoms with Crippen molar-refractivity contribution in [3.63, 3.8) is 0 Å². The number of nitrogens with one attached hydrogen (secondary N) is 2. The van der Waals surface area contributed by atoms with Gasteiger partial charge in [-0.25, -0.2) is 0 Å². The largest absolute Gasteiger partial charge is 0.481 e. The molecule has 130 valence electrons. The van der Waals surface area contributed by atoms with Crippen LogP contribution in [0.4, 0.5) is 0 Å². The van der Waals surface area contributed by atoms with Gasteiger partial charge in [0.25, 0.3) is 0 Å². The fraction of sp³-hybridized carbons (Fsp3) is 0.625. The Hall–Kier alpha value is -2.02. The van der Waals surface area contributed by atoms with Gasteiger partial charge in [0.2, 0.25) is 5.91 Å². The Bertz CT molecular complexity index is 459. The smallest absolute Gasteiger partial charge is 0.303 e. The van der Waals surface area contributed by atoms with Crippen molar-refractivity contribution >= 4 is 23.4 Å². The third kappa shape index (κ3) is 9.57. The number of hydrogen-bond acceptors (Lipinski definition) is 5. The average Bonchev–Trinajstić information content (AvgIpc) is 2.50. The van der Waals surface area contributed by atoms with Crippen molar-refractivity contribution in [2.24, 2.45) is 5.92 Å². The van der Waals surface area contributed by atoms with E-state index in [1.807, 2.05) is 0 Å². The number of carbonyl (C=O) groups is 4. The molecular formula is C16H26N2O5. The minimum Gasteiger partial charge on any atom is -0.481 e. The normalized spacial score (nSPS) is 13.5. The number of ketones is 2. The van der Waals surface area contributed by atoms with E-state index in [1.165, 1.54) is 14.0 Å². The summed E-state index contributed by atoms with van der Waals surface area (Å²) in [5.41, 5.74) is 0. The molecule has 0 saturated carbocycles. The highest BCUT2D eigenvalue weighted by molar-refractivity contribution is 5.87. The molecule has 2 unspecified atom stereocenters. The van der Waals surface area contributed by atoms with Crippen LogP contribution in [-0.2, 0) is 19.2 Å². The predicted octanol–water partition coefficient (Wildman–Crippen LogP) is 0.686. The minimum atomic E-state index is -0.999. The van der Waals surface area contributed by atoms with E-state index in [9.17, 15) is 19.2 Å². The number of allylic oxidation sites excluding steroid dienone is 1. The molecule has 0 radical (unpaired) electrons. The zero-order valence-electron chi connectivity index (χ0n) is 13.9. The number of Topliss-reactive ketones (excluding diaryl/α,β-unsaturated/α-hetero) is 2. The summed E-state index contributed by atoms with van der Waals surface area (Å²) in [6, 6.07) is -0.447. The van der Waals surface area contributed by atoms with Crippen molar-refractivity contribution in [1.29, 1.82) is 0 Å². The van der Waals surface area contributed by atoms with E-state index in [1.54, 1.807) is 19.2 Å². The first-order valence-electron chi connectivity index (χ1n) is 7.59. The summed E-state index contributed by atoms with van der Waals surface area (Å²) >= 11 is 0. The molecular weight excluding hydrogens is 300 g/mol. The molecule has 0 bridgehead atoms. The van der Waals surface area contributed by atoms with Gasteiger partial charge in [0.05, 0.1) is 12.5 Å². The number of aliphatic carboxylic acids is 1. The summed E-state index contributed by atoms with van der Waals surface area (Å²) in [6.45, 7) is 1.44. The van der Waals surface area contributed by atoms with Crippen LogP contribution in [0.1, 0.15) is 39.0 Å². The topological polar surface area (TPSA) is 113 Å². The van der Waals surface area contributed by atoms with Gasteiger partial charge in [-0.1, -0.05) is 12.2 Å². The van der Waals surface area contributed by atoms with Crippen molar-refractivity contribution in [2.75, 3.05) is 14.1 Å². The molecule has 23 heavy (non-hydrogen) atoms. The van der Waals surface area contributed by atoms with Crippen LogP contribution in [0.2, 0.25) is 0 Å². The quantitative estimate of drug-likeness (QED) is 0.455. The molecule has 7 heteroatoms. The Morgan fingerprint density at radius 3 is 2.13 bits per heavy atom. The van der Waals surface area contributed by atoms with Gasteiger partial charge in [-0.3, -0.25) is 14.4 Å². The zero-order valence-corrected chi connectivity index (χ0v) is 13.9. The van der Waals surface area contributed by atoms with Gasteiger partial charge >= 0.3 is 5.97 Å². The summed E-state index contributed by atoms with van der Waals surface area (Å²) in [6.07, 6.45) is 4.36. The van der Waals surface area contributed by atoms with Crippen molar-refractivity contribution in [2.45, 2.75) is 45.1 Å². The fourth-order valence-corrected chi connectivity index (χ4v) is 2.14. The van der Waals surface area contributed by atoms with Crippen molar-refractivity contribution < 1.29 is 24.3 Å². The van der Waals surface area contributed by atoms with E-state index in [-0.39, 0.29) is 36.7 Å². The predicted molar refractivity (Wildman–Crippen MR) is 86.0 cm³/mol. The second kappa shape index (κ2) is 11.5. The highest BCUT2D eigenvalue weighted by Gasteiger charge is 2.18. The Labute approximate surface area is 136 Å². The van der Waals surface area contributed by atoms with Gasteiger partial charge in [0.1, 0.15) is 5.78 Å². The molecule has 0 heterocycles. The fourth-order valence-electron chi connectivity index (χ4n) is 2.14. The van der Waals surface area contributed by atoms with Gasteiger partial charge in [-0.2, -0.15) is 0 Å². The molecule has 0 rings (SSSR count). The van der Waals surface area contributed by atoms with Crippen molar-refractivity contribution in [1.82, 2.24) is 10.6 Å². The summed E-state index contributed by atoms with van der Waals surface area (Å²) in [7, 11) is 3.16. The Morgan fingerprint density at radius 1 is 1.04 bits per heavy atom. The Kier molecular flexibility index (Phi) is 10.5. The molecule has 7 nitrogen and oxygen atoms in total. The second-order valence-corrected chi connectivity index (χ2v) is 5.36. The lowest BCUT2D eigenvalue weighted by atomic mass is 9.97. The van der Waals surface area contributed by atoms with Gasteiger partial charge < -0.3 is 20.5 Å². The van der Waals surface area contributed by atoms with E-state index < -0.39 is 17.9 Å². The first kappa shape index (κ1) is 21.0. The number of hydrogen-bond donors (Lipinski definition) is 3. The van der Waals surface area contributed by atoms with Crippen LogP contribution in [-0.4, -0.2) is 48.7 Å². The van der Waals surface area contributed by atoms with Crippen molar-refractivity contribution in [3.05, 3.63) is 12.2 Å². The monoisotopic (exact) mass is 326 g/mol. The van der Waals surface area contributed by atoms with Crippen LogP contribution in [0, 0.1) is 5.92 Å². The third-order valence-corrected chi connectivity index (χ3v) is 3.43. The maximum atomic E-state index is 11.8. The summed E-state index contributed by atoms with van der Waals surface area (Å²) in [5.74, 6) is -1.81. The van der Waals surface area contributed by atoms with Gasteiger partial charge in [0.15, 0.2) is 5.78 Å². The molecule has 0 aromatic heterocycles. The molecule has 0 aromatic rings. The number of carboxylic acids is 1. The lowest BCUT2D eigenvalue weighted by Crippen LogP contribution is -2.33. The average molecular weight is 326 g/mol. The van der Waals surface area contributed by atoms with E-state index in [2.05, 4.69) is 10.6 Å². The number of amides is 1. The van der Waals surface area contributed by atoms with Crippen LogP contribution >= 0.6 is 0 Å². The summed E-state index contributed by atoms with van der Waals surface area (Å²) < 4.78 is 0. The third-order valence-electron chi connectivity index (χ3n) is 3.43. The number of carbonyl (C=O) groups excluding carboxylic acids is 3. The van der Waals surface area contributed by atoms with E-state index in [0.29, 0.717) is 12.8 Å². The molecule has 0 aliphatic carbocycles. The van der Waals surface area contributed by atoms with Crippen LogP contribution in [0.25, 0.3) is 0 Å². The number of rotatable bonds is 12. The molecule has 0 fully saturated rings. The first-order valence-corrected chi connectivity index (χ1v) is 7.59. The van der Waals surface area contributed by atoms with Crippen LogP contribution < -0.4 is 10.6 Å². The minimum absolute atomic E-state index is 0.0140. The first-order chi connectivity index (χ1) is 10.8. The maximum absolute atomic E-state index is 11.8. The highest BCUT2D eigenvalue weighted by Crippen LogP contribution is 2.11. The van der Waals surface area contributed by atoms with Gasteiger partial charge in [-0.15, -0.1) is 0 Å². The lowest BCUT2D eigenvalue weighted by molar-refractivity contribution is -0.138. The van der Waals surface area contributed by atoms with Crippen LogP contribution in [0.5, 0.6) is 0 Å². The number of likely N-dealkylation sites (N-methyl/N-ethyl adjacent to an activating group) is 1. The highest BCUT2D eigenvalue weighted by atomic mass is 16.4. The lowest BCUT2D eigenvalue weighted by Gasteiger charge is -2.13. The molecule has 2 atom stereocenters. The maximum Gasteiger partial charge on any atom is 0.303 e. The summed E-state index contributed by atoms with van der Waals surface area (Å²) in [5, 5.41) is 14.0. The van der Waals surface area contributed by atoms with Crippen LogP contribution in [0.3, 0.4) is 0 Å². The van der Waals surface area contributed by atoms with E-state index >= 15 is 0 Å². The van der Waals surface area contributed by atoms with Gasteiger partial charge in [-0.05, 0) is 26.8 Å². The second-order valence-electron chi connectivity index (χ2n) is 5.36. The molecule has 0 aliphatic heterocycles. The Balaban J connectivity index is 4.45. The van der Waals surface area contributed by atoms with Crippen LogP contribution in [0.15, 0.2) is 12.2 Å². The van der Waals surface area contributed by atoms with Gasteiger partial charge in [0, 0.05) is 25.8 Å². The number of carboxylic acid groups (broad SMARTS) is 1.